The molecule has 0 aliphatic carbocycles. The average molecular weight is 184 g/mol. The first-order valence-electron chi connectivity index (χ1n) is 4.27. The van der Waals surface area contributed by atoms with Crippen molar-refractivity contribution < 1.29 is 14.3 Å². The second kappa shape index (κ2) is 5.72. The first-order valence-corrected chi connectivity index (χ1v) is 4.27. The first kappa shape index (κ1) is 10.2. The van der Waals surface area contributed by atoms with Crippen molar-refractivity contribution in [1.29, 1.82) is 0 Å². The Morgan fingerprint density at radius 3 is 2.85 bits per heavy atom. The van der Waals surface area contributed by atoms with Crippen LogP contribution in [-0.2, 0) is 14.3 Å². The summed E-state index contributed by atoms with van der Waals surface area (Å²) in [6, 6.07) is 0. The molecule has 0 N–H and O–H groups in total. The molecule has 0 atom stereocenters. The number of hydrogen-bond acceptors (Lipinski definition) is 4. The Labute approximate surface area is 78.1 Å². The molecule has 0 aromatic rings. The van der Waals surface area contributed by atoms with Gasteiger partial charge in [-0.1, -0.05) is 6.58 Å². The second-order valence-electron chi connectivity index (χ2n) is 2.75. The molecule has 0 aromatic heterocycles. The van der Waals surface area contributed by atoms with Gasteiger partial charge in [0.05, 0.1) is 19.8 Å². The summed E-state index contributed by atoms with van der Waals surface area (Å²) in [4.78, 5) is 13.1. The summed E-state index contributed by atoms with van der Waals surface area (Å²) in [6.45, 7) is 8.01. The van der Waals surface area contributed by atoms with Gasteiger partial charge in [0, 0.05) is 13.1 Å². The number of esters is 1. The van der Waals surface area contributed by atoms with Crippen LogP contribution in [0.3, 0.4) is 0 Å². The van der Waals surface area contributed by atoms with Crippen LogP contribution in [0.2, 0.25) is 0 Å². The summed E-state index contributed by atoms with van der Waals surface area (Å²) >= 11 is 0. The Kier molecular flexibility index (Phi) is 4.49. The molecule has 0 unspecified atom stereocenters. The molecule has 73 valence electrons. The number of carbonyl (C=O) groups is 1. The molecular weight excluding hydrogens is 170 g/mol. The zero-order valence-electron chi connectivity index (χ0n) is 7.57. The van der Waals surface area contributed by atoms with E-state index in [9.17, 15) is 4.79 Å². The van der Waals surface area contributed by atoms with E-state index in [0.29, 0.717) is 19.8 Å². The molecular formula is C9H14NO3. The smallest absolute Gasteiger partial charge is 0.320 e. The summed E-state index contributed by atoms with van der Waals surface area (Å²) in [7, 11) is 0. The van der Waals surface area contributed by atoms with E-state index < -0.39 is 0 Å². The molecule has 13 heavy (non-hydrogen) atoms. The van der Waals surface area contributed by atoms with Gasteiger partial charge in [-0.15, -0.1) is 0 Å². The van der Waals surface area contributed by atoms with E-state index in [0.717, 1.165) is 13.1 Å². The largest absolute Gasteiger partial charge is 0.453 e. The van der Waals surface area contributed by atoms with Crippen LogP contribution in [0, 0.1) is 6.61 Å². The fourth-order valence-corrected chi connectivity index (χ4v) is 1.10. The third-order valence-corrected chi connectivity index (χ3v) is 1.75. The van der Waals surface area contributed by atoms with Crippen molar-refractivity contribution in [3.63, 3.8) is 0 Å². The maximum absolute atomic E-state index is 11.1. The Hall–Kier alpha value is -0.870. The molecule has 0 bridgehead atoms. The van der Waals surface area contributed by atoms with Gasteiger partial charge >= 0.3 is 5.97 Å². The van der Waals surface area contributed by atoms with Gasteiger partial charge in [0.1, 0.15) is 0 Å². The van der Waals surface area contributed by atoms with Crippen molar-refractivity contribution in [3.8, 4) is 0 Å². The standard InChI is InChI=1S/C9H14NO3/c1-2-5-13-9(11)8-10-3-6-12-7-4-10/h2,5H,1,3-4,6-8H2. The fourth-order valence-electron chi connectivity index (χ4n) is 1.10. The van der Waals surface area contributed by atoms with Gasteiger partial charge in [-0.25, -0.2) is 0 Å². The quantitative estimate of drug-likeness (QED) is 0.585. The van der Waals surface area contributed by atoms with Gasteiger partial charge in [0.15, 0.2) is 6.61 Å². The van der Waals surface area contributed by atoms with Gasteiger partial charge in [-0.05, 0) is 6.08 Å². The molecule has 1 radical (unpaired) electrons. The summed E-state index contributed by atoms with van der Waals surface area (Å²) in [5, 5.41) is 0. The van der Waals surface area contributed by atoms with Gasteiger partial charge < -0.3 is 9.47 Å². The number of nitrogens with zero attached hydrogens (tertiary/aromatic N) is 1. The summed E-state index contributed by atoms with van der Waals surface area (Å²) < 4.78 is 9.87. The zero-order valence-corrected chi connectivity index (χ0v) is 7.57. The number of hydrogen-bond donors (Lipinski definition) is 0. The van der Waals surface area contributed by atoms with E-state index in [2.05, 4.69) is 6.58 Å². The normalized spacial score (nSPS) is 18.2. The molecule has 0 aromatic carbocycles. The molecule has 4 nitrogen and oxygen atoms in total. The van der Waals surface area contributed by atoms with Crippen molar-refractivity contribution in [3.05, 3.63) is 19.3 Å². The highest BCUT2D eigenvalue weighted by Crippen LogP contribution is 1.97. The van der Waals surface area contributed by atoms with E-state index in [1.54, 1.807) is 0 Å². The van der Waals surface area contributed by atoms with Crippen molar-refractivity contribution in [2.45, 2.75) is 0 Å². The molecule has 0 saturated carbocycles. The van der Waals surface area contributed by atoms with Crippen LogP contribution in [0.25, 0.3) is 0 Å². The van der Waals surface area contributed by atoms with Gasteiger partial charge in [-0.2, -0.15) is 0 Å². The minimum Gasteiger partial charge on any atom is -0.453 e. The van der Waals surface area contributed by atoms with Crippen molar-refractivity contribution in [2.24, 2.45) is 0 Å². The predicted molar refractivity (Wildman–Crippen MR) is 47.8 cm³/mol. The molecule has 0 spiro atoms. The predicted octanol–water partition coefficient (Wildman–Crippen LogP) is 0.210. The zero-order chi connectivity index (χ0) is 9.52. The van der Waals surface area contributed by atoms with Gasteiger partial charge in [0.25, 0.3) is 0 Å². The maximum Gasteiger partial charge on any atom is 0.320 e. The van der Waals surface area contributed by atoms with E-state index >= 15 is 0 Å². The highest BCUT2D eigenvalue weighted by Gasteiger charge is 2.14. The van der Waals surface area contributed by atoms with Gasteiger partial charge in [-0.3, -0.25) is 9.69 Å². The molecule has 1 heterocycles. The summed E-state index contributed by atoms with van der Waals surface area (Å²) in [5.74, 6) is -0.248. The average Bonchev–Trinajstić information content (AvgIpc) is 2.16. The van der Waals surface area contributed by atoms with Crippen molar-refractivity contribution in [2.75, 3.05) is 32.8 Å². The van der Waals surface area contributed by atoms with Crippen LogP contribution in [0.1, 0.15) is 0 Å². The monoisotopic (exact) mass is 184 g/mol. The third-order valence-electron chi connectivity index (χ3n) is 1.75. The number of morpholine rings is 1. The molecule has 1 fully saturated rings. The van der Waals surface area contributed by atoms with Crippen LogP contribution >= 0.6 is 0 Å². The van der Waals surface area contributed by atoms with Crippen LogP contribution in [-0.4, -0.2) is 43.7 Å². The van der Waals surface area contributed by atoms with Gasteiger partial charge in [0.2, 0.25) is 0 Å². The van der Waals surface area contributed by atoms with E-state index in [4.69, 9.17) is 9.47 Å². The molecule has 1 saturated heterocycles. The molecule has 1 aliphatic rings. The lowest BCUT2D eigenvalue weighted by Gasteiger charge is -2.25. The van der Waals surface area contributed by atoms with E-state index in [1.807, 2.05) is 4.90 Å². The summed E-state index contributed by atoms with van der Waals surface area (Å²) in [6.07, 6.45) is 1.44. The SMILES string of the molecule is C=C[CH]OC(=O)CN1CCOCC1. The number of carbonyl (C=O) groups excluding carboxylic acids is 1. The Morgan fingerprint density at radius 1 is 1.54 bits per heavy atom. The Bertz CT molecular complexity index is 176. The van der Waals surface area contributed by atoms with E-state index in [1.165, 1.54) is 12.7 Å². The molecule has 1 aliphatic heterocycles. The lowest BCUT2D eigenvalue weighted by Crippen LogP contribution is -2.39. The maximum atomic E-state index is 11.1. The topological polar surface area (TPSA) is 38.8 Å². The number of ether oxygens (including phenoxy) is 2. The van der Waals surface area contributed by atoms with Crippen molar-refractivity contribution in [1.82, 2.24) is 4.90 Å². The minimum absolute atomic E-state index is 0.248. The highest BCUT2D eigenvalue weighted by atomic mass is 16.5. The Balaban J connectivity index is 2.14. The van der Waals surface area contributed by atoms with Crippen LogP contribution in [0.5, 0.6) is 0 Å². The molecule has 1 rings (SSSR count). The van der Waals surface area contributed by atoms with Crippen LogP contribution in [0.4, 0.5) is 0 Å². The summed E-state index contributed by atoms with van der Waals surface area (Å²) in [5.41, 5.74) is 0. The minimum atomic E-state index is -0.248. The molecule has 4 heteroatoms. The second-order valence-corrected chi connectivity index (χ2v) is 2.75. The lowest BCUT2D eigenvalue weighted by atomic mass is 10.4. The molecule has 0 amide bonds. The van der Waals surface area contributed by atoms with Crippen LogP contribution < -0.4 is 0 Å². The van der Waals surface area contributed by atoms with Crippen molar-refractivity contribution >= 4 is 5.97 Å². The fraction of sp³-hybridized carbons (Fsp3) is 0.556. The van der Waals surface area contributed by atoms with Crippen LogP contribution in [0.15, 0.2) is 12.7 Å². The Morgan fingerprint density at radius 2 is 2.23 bits per heavy atom. The van der Waals surface area contributed by atoms with E-state index in [-0.39, 0.29) is 5.97 Å². The number of rotatable bonds is 4. The third kappa shape index (κ3) is 4.05. The first-order chi connectivity index (χ1) is 6.33. The highest BCUT2D eigenvalue weighted by molar-refractivity contribution is 5.72. The lowest BCUT2D eigenvalue weighted by molar-refractivity contribution is -0.141.